The highest BCUT2D eigenvalue weighted by atomic mass is 16.3. The number of aliphatic hydroxyl groups is 1. The van der Waals surface area contributed by atoms with Gasteiger partial charge >= 0.3 is 0 Å². The summed E-state index contributed by atoms with van der Waals surface area (Å²) in [6, 6.07) is 0.671. The van der Waals surface area contributed by atoms with Crippen LogP contribution in [0.3, 0.4) is 0 Å². The summed E-state index contributed by atoms with van der Waals surface area (Å²) in [4.78, 5) is 2.36. The Balaban J connectivity index is 2.22. The fourth-order valence-electron chi connectivity index (χ4n) is 1.65. The van der Waals surface area contributed by atoms with E-state index in [2.05, 4.69) is 18.9 Å². The Labute approximate surface area is 87.3 Å². The van der Waals surface area contributed by atoms with Crippen molar-refractivity contribution >= 4 is 0 Å². The molecule has 2 unspecified atom stereocenters. The van der Waals surface area contributed by atoms with Crippen LogP contribution in [0.15, 0.2) is 0 Å². The van der Waals surface area contributed by atoms with Crippen LogP contribution in [0.1, 0.15) is 33.1 Å². The second kappa shape index (κ2) is 4.60. The zero-order valence-electron chi connectivity index (χ0n) is 9.66. The van der Waals surface area contributed by atoms with E-state index in [1.54, 1.807) is 0 Å². The number of hydrogen-bond acceptors (Lipinski definition) is 3. The molecule has 1 aliphatic rings. The van der Waals surface area contributed by atoms with E-state index in [-0.39, 0.29) is 6.61 Å². The van der Waals surface area contributed by atoms with Gasteiger partial charge in [-0.05, 0) is 52.6 Å². The lowest BCUT2D eigenvalue weighted by Crippen LogP contribution is -2.44. The SMILES string of the molecule is CC(C1CC1)N(C)CCC(C)(N)CO. The summed E-state index contributed by atoms with van der Waals surface area (Å²) in [6.07, 6.45) is 3.62. The maximum atomic E-state index is 9.02. The third-order valence-electron chi connectivity index (χ3n) is 3.40. The van der Waals surface area contributed by atoms with Gasteiger partial charge in [0.1, 0.15) is 0 Å². The highest BCUT2D eigenvalue weighted by Crippen LogP contribution is 2.34. The summed E-state index contributed by atoms with van der Waals surface area (Å²) in [6.45, 7) is 5.23. The van der Waals surface area contributed by atoms with Crippen molar-refractivity contribution in [2.75, 3.05) is 20.2 Å². The van der Waals surface area contributed by atoms with Crippen molar-refractivity contribution in [2.45, 2.75) is 44.7 Å². The smallest absolute Gasteiger partial charge is 0.0608 e. The van der Waals surface area contributed by atoms with Gasteiger partial charge in [-0.3, -0.25) is 0 Å². The molecular formula is C11H24N2O. The molecule has 1 fully saturated rings. The van der Waals surface area contributed by atoms with E-state index >= 15 is 0 Å². The first-order valence-electron chi connectivity index (χ1n) is 5.56. The fraction of sp³-hybridized carbons (Fsp3) is 1.00. The summed E-state index contributed by atoms with van der Waals surface area (Å²) in [5.74, 6) is 0.901. The monoisotopic (exact) mass is 200 g/mol. The van der Waals surface area contributed by atoms with Gasteiger partial charge in [-0.15, -0.1) is 0 Å². The highest BCUT2D eigenvalue weighted by molar-refractivity contribution is 4.86. The van der Waals surface area contributed by atoms with Crippen molar-refractivity contribution in [1.82, 2.24) is 4.90 Å². The molecule has 1 saturated carbocycles. The maximum absolute atomic E-state index is 9.02. The van der Waals surface area contributed by atoms with Crippen molar-refractivity contribution < 1.29 is 5.11 Å². The van der Waals surface area contributed by atoms with Crippen LogP contribution in [0.5, 0.6) is 0 Å². The van der Waals surface area contributed by atoms with E-state index in [1.165, 1.54) is 12.8 Å². The molecule has 14 heavy (non-hydrogen) atoms. The second-order valence-electron chi connectivity index (χ2n) is 5.12. The van der Waals surface area contributed by atoms with E-state index in [1.807, 2.05) is 6.92 Å². The van der Waals surface area contributed by atoms with Crippen LogP contribution in [-0.2, 0) is 0 Å². The standard InChI is InChI=1S/C11H24N2O/c1-9(10-4-5-10)13(3)7-6-11(2,12)8-14/h9-10,14H,4-8,12H2,1-3H3. The van der Waals surface area contributed by atoms with Crippen molar-refractivity contribution in [1.29, 1.82) is 0 Å². The van der Waals surface area contributed by atoms with Gasteiger partial charge in [0, 0.05) is 11.6 Å². The van der Waals surface area contributed by atoms with Crippen LogP contribution < -0.4 is 5.73 Å². The van der Waals surface area contributed by atoms with E-state index in [4.69, 9.17) is 10.8 Å². The normalized spacial score (nSPS) is 23.6. The van der Waals surface area contributed by atoms with Crippen molar-refractivity contribution in [3.63, 3.8) is 0 Å². The van der Waals surface area contributed by atoms with Gasteiger partial charge < -0.3 is 15.7 Å². The lowest BCUT2D eigenvalue weighted by atomic mass is 10.00. The Bertz CT molecular complexity index is 178. The number of nitrogens with two attached hydrogens (primary N) is 1. The zero-order chi connectivity index (χ0) is 10.8. The second-order valence-corrected chi connectivity index (χ2v) is 5.12. The average molecular weight is 200 g/mol. The Morgan fingerprint density at radius 1 is 1.57 bits per heavy atom. The van der Waals surface area contributed by atoms with Crippen LogP contribution in [-0.4, -0.2) is 41.8 Å². The molecule has 2 atom stereocenters. The predicted octanol–water partition coefficient (Wildman–Crippen LogP) is 0.817. The minimum absolute atomic E-state index is 0.0681. The number of aliphatic hydroxyl groups excluding tert-OH is 1. The molecule has 0 aromatic heterocycles. The molecule has 0 saturated heterocycles. The van der Waals surface area contributed by atoms with Gasteiger partial charge in [0.15, 0.2) is 0 Å². The summed E-state index contributed by atoms with van der Waals surface area (Å²) >= 11 is 0. The topological polar surface area (TPSA) is 49.5 Å². The Kier molecular flexibility index (Phi) is 3.93. The molecule has 3 N–H and O–H groups in total. The summed E-state index contributed by atoms with van der Waals surface area (Å²) < 4.78 is 0. The van der Waals surface area contributed by atoms with Crippen LogP contribution in [0.4, 0.5) is 0 Å². The average Bonchev–Trinajstić information content (AvgIpc) is 2.96. The molecule has 0 amide bonds. The fourth-order valence-corrected chi connectivity index (χ4v) is 1.65. The Morgan fingerprint density at radius 3 is 2.57 bits per heavy atom. The molecule has 0 heterocycles. The van der Waals surface area contributed by atoms with Gasteiger partial charge in [0.2, 0.25) is 0 Å². The van der Waals surface area contributed by atoms with E-state index < -0.39 is 5.54 Å². The van der Waals surface area contributed by atoms with Gasteiger partial charge in [-0.25, -0.2) is 0 Å². The minimum atomic E-state index is -0.419. The maximum Gasteiger partial charge on any atom is 0.0608 e. The molecular weight excluding hydrogens is 176 g/mol. The Hall–Kier alpha value is -0.120. The van der Waals surface area contributed by atoms with Crippen LogP contribution in [0, 0.1) is 5.92 Å². The van der Waals surface area contributed by atoms with Gasteiger partial charge in [0.05, 0.1) is 6.61 Å². The number of rotatable bonds is 6. The van der Waals surface area contributed by atoms with Crippen molar-refractivity contribution in [3.05, 3.63) is 0 Å². The van der Waals surface area contributed by atoms with E-state index in [9.17, 15) is 0 Å². The van der Waals surface area contributed by atoms with Crippen molar-refractivity contribution in [2.24, 2.45) is 11.7 Å². The summed E-state index contributed by atoms with van der Waals surface area (Å²) in [5.41, 5.74) is 5.46. The molecule has 1 aliphatic carbocycles. The Morgan fingerprint density at radius 2 is 2.14 bits per heavy atom. The van der Waals surface area contributed by atoms with E-state index in [0.717, 1.165) is 18.9 Å². The molecule has 0 aromatic carbocycles. The third-order valence-corrected chi connectivity index (χ3v) is 3.40. The largest absolute Gasteiger partial charge is 0.394 e. The third kappa shape index (κ3) is 3.56. The predicted molar refractivity (Wildman–Crippen MR) is 59.1 cm³/mol. The first-order chi connectivity index (χ1) is 6.46. The molecule has 84 valence electrons. The highest BCUT2D eigenvalue weighted by Gasteiger charge is 2.30. The van der Waals surface area contributed by atoms with Crippen LogP contribution >= 0.6 is 0 Å². The quantitative estimate of drug-likeness (QED) is 0.667. The molecule has 1 rings (SSSR count). The summed E-state index contributed by atoms with van der Waals surface area (Å²) in [7, 11) is 2.15. The zero-order valence-corrected chi connectivity index (χ0v) is 9.66. The minimum Gasteiger partial charge on any atom is -0.394 e. The van der Waals surface area contributed by atoms with Crippen LogP contribution in [0.2, 0.25) is 0 Å². The molecule has 3 nitrogen and oxygen atoms in total. The molecule has 0 aliphatic heterocycles. The lowest BCUT2D eigenvalue weighted by molar-refractivity contribution is 0.165. The molecule has 3 heteroatoms. The first kappa shape index (κ1) is 12.0. The molecule has 0 radical (unpaired) electrons. The number of nitrogens with zero attached hydrogens (tertiary/aromatic N) is 1. The van der Waals surface area contributed by atoms with Crippen LogP contribution in [0.25, 0.3) is 0 Å². The molecule has 0 aromatic rings. The van der Waals surface area contributed by atoms with Crippen molar-refractivity contribution in [3.8, 4) is 0 Å². The van der Waals surface area contributed by atoms with Gasteiger partial charge in [0.25, 0.3) is 0 Å². The molecule has 0 bridgehead atoms. The van der Waals surface area contributed by atoms with Gasteiger partial charge in [-0.1, -0.05) is 0 Å². The first-order valence-corrected chi connectivity index (χ1v) is 5.56. The number of hydrogen-bond donors (Lipinski definition) is 2. The van der Waals surface area contributed by atoms with Gasteiger partial charge in [-0.2, -0.15) is 0 Å². The summed E-state index contributed by atoms with van der Waals surface area (Å²) in [5, 5.41) is 9.02. The molecule has 0 spiro atoms. The van der Waals surface area contributed by atoms with E-state index in [0.29, 0.717) is 6.04 Å². The lowest BCUT2D eigenvalue weighted by Gasteiger charge is -2.29.